The minimum atomic E-state index is -0.850. The number of aromatic nitrogens is 3. The number of ether oxygens (including phenoxy) is 2. The summed E-state index contributed by atoms with van der Waals surface area (Å²) in [4.78, 5) is 18.2. The molecule has 2 aromatic carbocycles. The number of primary amides is 1. The summed E-state index contributed by atoms with van der Waals surface area (Å²) in [6.07, 6.45) is 4.99. The van der Waals surface area contributed by atoms with Crippen molar-refractivity contribution < 1.29 is 18.7 Å². The molecule has 0 aliphatic carbocycles. The number of pyridine rings is 1. The SMILES string of the molecule is Cc1cc(Oc2ccc(N(C(N)=O)c3cc(C(C)(C)C)nn3-c3ccc(OCCC4CCNCC4)cc3)c(F)c2)ccn1. The Morgan fingerprint density at radius 1 is 1.05 bits per heavy atom. The Morgan fingerprint density at radius 2 is 1.74 bits per heavy atom. The van der Waals surface area contributed by atoms with E-state index in [0.717, 1.165) is 35.9 Å². The van der Waals surface area contributed by atoms with Gasteiger partial charge in [0.05, 0.1) is 23.7 Å². The first-order valence-electron chi connectivity index (χ1n) is 14.6. The van der Waals surface area contributed by atoms with Crippen LogP contribution in [-0.4, -0.2) is 40.5 Å². The minimum Gasteiger partial charge on any atom is -0.494 e. The molecule has 0 saturated carbocycles. The van der Waals surface area contributed by atoms with Crippen molar-refractivity contribution in [2.45, 2.75) is 52.4 Å². The number of nitrogens with one attached hydrogen (secondary N) is 1. The van der Waals surface area contributed by atoms with Crippen molar-refractivity contribution in [1.82, 2.24) is 20.1 Å². The Bertz CT molecular complexity index is 1560. The number of amides is 2. The van der Waals surface area contributed by atoms with Crippen molar-refractivity contribution >= 4 is 17.5 Å². The van der Waals surface area contributed by atoms with E-state index in [2.05, 4.69) is 10.3 Å². The van der Waals surface area contributed by atoms with Crippen LogP contribution < -0.4 is 25.4 Å². The molecule has 0 atom stereocenters. The van der Waals surface area contributed by atoms with Gasteiger partial charge in [-0.1, -0.05) is 20.8 Å². The van der Waals surface area contributed by atoms with Gasteiger partial charge in [-0.2, -0.15) is 5.10 Å². The number of carbonyl (C=O) groups excluding carboxylic acids is 1. The first-order chi connectivity index (χ1) is 20.6. The molecule has 3 heterocycles. The molecule has 1 fully saturated rings. The summed E-state index contributed by atoms with van der Waals surface area (Å²) >= 11 is 0. The summed E-state index contributed by atoms with van der Waals surface area (Å²) in [5.41, 5.74) is 7.66. The first kappa shape index (κ1) is 30.0. The van der Waals surface area contributed by atoms with Gasteiger partial charge in [0.1, 0.15) is 23.1 Å². The molecule has 3 N–H and O–H groups in total. The molecular formula is C33H39FN6O3. The number of rotatable bonds is 9. The van der Waals surface area contributed by atoms with Gasteiger partial charge in [-0.05, 0) is 87.7 Å². The third kappa shape index (κ3) is 7.32. The predicted octanol–water partition coefficient (Wildman–Crippen LogP) is 6.79. The van der Waals surface area contributed by atoms with E-state index in [0.29, 0.717) is 35.5 Å². The van der Waals surface area contributed by atoms with Crippen molar-refractivity contribution in [3.63, 3.8) is 0 Å². The standard InChI is InChI=1S/C33H39FN6O3/c1-22-19-27(13-17-37-22)43-26-9-10-29(28(34)20-26)39(32(35)41)31-21-30(33(2,3)4)38-40(31)24-5-7-25(8-6-24)42-18-14-23-11-15-36-16-12-23/h5-10,13,17,19-21,23,36H,11-12,14-16,18H2,1-4H3,(H2,35,41). The normalized spacial score (nSPS) is 14.0. The summed E-state index contributed by atoms with van der Waals surface area (Å²) in [6.45, 7) is 10.7. The zero-order valence-corrected chi connectivity index (χ0v) is 25.1. The summed E-state index contributed by atoms with van der Waals surface area (Å²) < 4.78 is 29.1. The number of benzene rings is 2. The van der Waals surface area contributed by atoms with Gasteiger partial charge in [-0.25, -0.2) is 18.8 Å². The molecule has 10 heteroatoms. The Balaban J connectivity index is 1.42. The second-order valence-electron chi connectivity index (χ2n) is 11.9. The van der Waals surface area contributed by atoms with Crippen LogP contribution in [0.1, 0.15) is 51.4 Å². The van der Waals surface area contributed by atoms with Crippen LogP contribution in [0.3, 0.4) is 0 Å². The van der Waals surface area contributed by atoms with E-state index in [1.807, 2.05) is 52.0 Å². The first-order valence-corrected chi connectivity index (χ1v) is 14.6. The number of halogens is 1. The van der Waals surface area contributed by atoms with Crippen LogP contribution in [0.2, 0.25) is 0 Å². The molecule has 2 aromatic heterocycles. The molecule has 9 nitrogen and oxygen atoms in total. The van der Waals surface area contributed by atoms with Gasteiger partial charge >= 0.3 is 6.03 Å². The molecular weight excluding hydrogens is 547 g/mol. The van der Waals surface area contributed by atoms with E-state index in [-0.39, 0.29) is 16.9 Å². The Labute approximate surface area is 251 Å². The molecule has 1 saturated heterocycles. The summed E-state index contributed by atoms with van der Waals surface area (Å²) in [5, 5.41) is 8.20. The second-order valence-corrected chi connectivity index (χ2v) is 11.9. The van der Waals surface area contributed by atoms with E-state index in [9.17, 15) is 4.79 Å². The highest BCUT2D eigenvalue weighted by Gasteiger charge is 2.28. The smallest absolute Gasteiger partial charge is 0.325 e. The van der Waals surface area contributed by atoms with Gasteiger partial charge in [0, 0.05) is 35.5 Å². The maximum Gasteiger partial charge on any atom is 0.325 e. The lowest BCUT2D eigenvalue weighted by atomic mass is 9.92. The van der Waals surface area contributed by atoms with E-state index in [1.165, 1.54) is 25.0 Å². The number of urea groups is 1. The Kier molecular flexibility index (Phi) is 8.96. The third-order valence-electron chi connectivity index (χ3n) is 7.51. The predicted molar refractivity (Wildman–Crippen MR) is 165 cm³/mol. The number of hydrogen-bond acceptors (Lipinski definition) is 6. The maximum atomic E-state index is 15.6. The lowest BCUT2D eigenvalue weighted by Crippen LogP contribution is -2.33. The number of piperidine rings is 1. The van der Waals surface area contributed by atoms with Gasteiger partial charge in [0.25, 0.3) is 0 Å². The van der Waals surface area contributed by atoms with Crippen LogP contribution in [0.5, 0.6) is 17.2 Å². The van der Waals surface area contributed by atoms with Crippen molar-refractivity contribution in [2.24, 2.45) is 11.7 Å². The van der Waals surface area contributed by atoms with E-state index >= 15 is 4.39 Å². The molecule has 0 spiro atoms. The average molecular weight is 587 g/mol. The summed E-state index contributed by atoms with van der Waals surface area (Å²) in [7, 11) is 0. The maximum absolute atomic E-state index is 15.6. The number of aryl methyl sites for hydroxylation is 1. The largest absolute Gasteiger partial charge is 0.494 e. The van der Waals surface area contributed by atoms with Crippen LogP contribution in [0.15, 0.2) is 66.9 Å². The van der Waals surface area contributed by atoms with Crippen LogP contribution in [0.25, 0.3) is 5.69 Å². The van der Waals surface area contributed by atoms with Gasteiger partial charge in [0.2, 0.25) is 0 Å². The molecule has 5 rings (SSSR count). The molecule has 43 heavy (non-hydrogen) atoms. The van der Waals surface area contributed by atoms with Crippen LogP contribution >= 0.6 is 0 Å². The highest BCUT2D eigenvalue weighted by Crippen LogP contribution is 2.36. The average Bonchev–Trinajstić information content (AvgIpc) is 3.41. The molecule has 2 amide bonds. The number of carbonyl (C=O) groups is 1. The van der Waals surface area contributed by atoms with Crippen molar-refractivity contribution in [2.75, 3.05) is 24.6 Å². The van der Waals surface area contributed by atoms with Crippen LogP contribution in [0, 0.1) is 18.7 Å². The zero-order chi connectivity index (χ0) is 30.6. The molecule has 226 valence electrons. The lowest BCUT2D eigenvalue weighted by molar-refractivity contribution is 0.252. The number of hydrogen-bond donors (Lipinski definition) is 2. The van der Waals surface area contributed by atoms with E-state index in [1.54, 1.807) is 35.1 Å². The fourth-order valence-corrected chi connectivity index (χ4v) is 5.09. The second kappa shape index (κ2) is 12.8. The molecule has 4 aromatic rings. The van der Waals surface area contributed by atoms with Crippen molar-refractivity contribution in [3.8, 4) is 22.9 Å². The van der Waals surface area contributed by atoms with Crippen molar-refractivity contribution in [1.29, 1.82) is 0 Å². The van der Waals surface area contributed by atoms with Crippen LogP contribution in [-0.2, 0) is 5.41 Å². The topological polar surface area (TPSA) is 108 Å². The fourth-order valence-electron chi connectivity index (χ4n) is 5.09. The summed E-state index contributed by atoms with van der Waals surface area (Å²) in [6, 6.07) is 16.1. The molecule has 0 unspecified atom stereocenters. The van der Waals surface area contributed by atoms with Gasteiger partial charge in [0.15, 0.2) is 5.82 Å². The fraction of sp³-hybridized carbons (Fsp3) is 0.364. The number of anilines is 2. The van der Waals surface area contributed by atoms with Crippen molar-refractivity contribution in [3.05, 3.63) is 84.1 Å². The number of nitrogens with zero attached hydrogens (tertiary/aromatic N) is 4. The van der Waals surface area contributed by atoms with Crippen LogP contribution in [0.4, 0.5) is 20.7 Å². The quantitative estimate of drug-likeness (QED) is 0.224. The van der Waals surface area contributed by atoms with Gasteiger partial charge in [-0.15, -0.1) is 0 Å². The highest BCUT2D eigenvalue weighted by molar-refractivity contribution is 5.98. The molecule has 1 aliphatic rings. The Hall–Kier alpha value is -4.44. The minimum absolute atomic E-state index is 0.0229. The summed E-state index contributed by atoms with van der Waals surface area (Å²) in [5.74, 6) is 1.87. The molecule has 0 bridgehead atoms. The highest BCUT2D eigenvalue weighted by atomic mass is 19.1. The molecule has 1 aliphatic heterocycles. The molecule has 0 radical (unpaired) electrons. The monoisotopic (exact) mass is 586 g/mol. The Morgan fingerprint density at radius 3 is 2.40 bits per heavy atom. The van der Waals surface area contributed by atoms with E-state index < -0.39 is 11.8 Å². The van der Waals surface area contributed by atoms with Gasteiger partial charge < -0.3 is 20.5 Å². The third-order valence-corrected chi connectivity index (χ3v) is 7.51. The van der Waals surface area contributed by atoms with Gasteiger partial charge in [-0.3, -0.25) is 4.98 Å². The van der Waals surface area contributed by atoms with E-state index in [4.69, 9.17) is 20.3 Å². The lowest BCUT2D eigenvalue weighted by Gasteiger charge is -2.23. The number of nitrogens with two attached hydrogens (primary N) is 1. The zero-order valence-electron chi connectivity index (χ0n) is 25.1.